The largest absolute Gasteiger partial charge is 0.468 e. The van der Waals surface area contributed by atoms with Gasteiger partial charge in [-0.05, 0) is 37.7 Å². The minimum atomic E-state index is -0.134. The van der Waals surface area contributed by atoms with Crippen LogP contribution in [0.4, 0.5) is 0 Å². The molecule has 2 atom stereocenters. The lowest BCUT2D eigenvalue weighted by Crippen LogP contribution is -2.45. The van der Waals surface area contributed by atoms with E-state index in [0.29, 0.717) is 24.5 Å². The fourth-order valence-electron chi connectivity index (χ4n) is 3.61. The predicted molar refractivity (Wildman–Crippen MR) is 111 cm³/mol. The molecule has 1 saturated heterocycles. The predicted octanol–water partition coefficient (Wildman–Crippen LogP) is 3.55. The molecule has 26 heavy (non-hydrogen) atoms. The molecular weight excluding hydrogens is 371 g/mol. The van der Waals surface area contributed by atoms with Crippen molar-refractivity contribution in [2.75, 3.05) is 26.7 Å². The van der Waals surface area contributed by atoms with Crippen LogP contribution in [0.3, 0.4) is 0 Å². The smallest absolute Gasteiger partial charge is 0.319 e. The number of carbonyl (C=O) groups is 1. The van der Waals surface area contributed by atoms with Crippen LogP contribution in [0.15, 0.2) is 35.9 Å². The first-order valence-corrected chi connectivity index (χ1v) is 8.94. The molecule has 6 heteroatoms. The number of nitrogens with one attached hydrogen (secondary N) is 1. The van der Waals surface area contributed by atoms with E-state index in [1.807, 2.05) is 0 Å². The monoisotopic (exact) mass is 400 g/mol. The van der Waals surface area contributed by atoms with Crippen LogP contribution >= 0.6 is 24.8 Å². The molecule has 1 aromatic rings. The highest BCUT2D eigenvalue weighted by molar-refractivity contribution is 5.85. The van der Waals surface area contributed by atoms with Crippen molar-refractivity contribution in [2.45, 2.75) is 38.3 Å². The number of hydrogen-bond acceptors (Lipinski definition) is 4. The summed E-state index contributed by atoms with van der Waals surface area (Å²) >= 11 is 0. The lowest BCUT2D eigenvalue weighted by atomic mass is 10.0. The molecule has 1 aromatic carbocycles. The molecule has 4 nitrogen and oxygen atoms in total. The van der Waals surface area contributed by atoms with Crippen LogP contribution in [0.5, 0.6) is 0 Å². The van der Waals surface area contributed by atoms with E-state index in [-0.39, 0.29) is 30.8 Å². The van der Waals surface area contributed by atoms with Gasteiger partial charge in [-0.15, -0.1) is 24.8 Å². The number of carbonyl (C=O) groups excluding carboxylic acids is 1. The molecule has 0 radical (unpaired) electrons. The lowest BCUT2D eigenvalue weighted by molar-refractivity contribution is -0.142. The van der Waals surface area contributed by atoms with E-state index in [9.17, 15) is 4.79 Å². The summed E-state index contributed by atoms with van der Waals surface area (Å²) in [6, 6.07) is 11.8. The van der Waals surface area contributed by atoms with E-state index in [2.05, 4.69) is 53.5 Å². The van der Waals surface area contributed by atoms with Crippen molar-refractivity contribution in [1.82, 2.24) is 10.2 Å². The Bertz CT molecular complexity index is 587. The van der Waals surface area contributed by atoms with Gasteiger partial charge in [-0.1, -0.05) is 42.0 Å². The number of ether oxygens (including phenoxy) is 1. The average molecular weight is 401 g/mol. The SMILES string of the molecule is COC(=O)CN1CCC(N[C@@H]2C[C@H]2C(C)=Cc2ccccc2)CC1.Cl.Cl. The van der Waals surface area contributed by atoms with Crippen LogP contribution in [-0.2, 0) is 9.53 Å². The van der Waals surface area contributed by atoms with E-state index >= 15 is 0 Å². The minimum Gasteiger partial charge on any atom is -0.468 e. The highest BCUT2D eigenvalue weighted by Gasteiger charge is 2.39. The second kappa shape index (κ2) is 10.9. The summed E-state index contributed by atoms with van der Waals surface area (Å²) in [6.07, 6.45) is 5.78. The molecule has 2 aliphatic rings. The Morgan fingerprint density at radius 1 is 1.23 bits per heavy atom. The molecule has 3 rings (SSSR count). The van der Waals surface area contributed by atoms with Gasteiger partial charge in [-0.25, -0.2) is 0 Å². The number of halogens is 2. The van der Waals surface area contributed by atoms with Gasteiger partial charge >= 0.3 is 5.97 Å². The third kappa shape index (κ3) is 6.58. The van der Waals surface area contributed by atoms with Gasteiger partial charge in [0.1, 0.15) is 0 Å². The summed E-state index contributed by atoms with van der Waals surface area (Å²) < 4.78 is 4.74. The van der Waals surface area contributed by atoms with Crippen molar-refractivity contribution < 1.29 is 9.53 Å². The molecule has 1 N–H and O–H groups in total. The first kappa shape index (κ1) is 23.0. The van der Waals surface area contributed by atoms with Crippen LogP contribution in [0.1, 0.15) is 31.7 Å². The van der Waals surface area contributed by atoms with Crippen LogP contribution in [0.25, 0.3) is 6.08 Å². The number of methoxy groups -OCH3 is 1. The number of nitrogens with zero attached hydrogens (tertiary/aromatic N) is 1. The van der Waals surface area contributed by atoms with Gasteiger partial charge in [0.05, 0.1) is 13.7 Å². The van der Waals surface area contributed by atoms with Gasteiger partial charge in [-0.2, -0.15) is 0 Å². The minimum absolute atomic E-state index is 0. The quantitative estimate of drug-likeness (QED) is 0.741. The highest BCUT2D eigenvalue weighted by atomic mass is 35.5. The molecule has 0 bridgehead atoms. The number of piperidine rings is 1. The zero-order valence-electron chi connectivity index (χ0n) is 15.5. The van der Waals surface area contributed by atoms with Crippen molar-refractivity contribution in [2.24, 2.45) is 5.92 Å². The molecule has 0 spiro atoms. The topological polar surface area (TPSA) is 41.6 Å². The number of likely N-dealkylation sites (tertiary alicyclic amines) is 1. The molecule has 1 heterocycles. The van der Waals surface area contributed by atoms with Crippen molar-refractivity contribution >= 4 is 36.9 Å². The van der Waals surface area contributed by atoms with Crippen LogP contribution in [-0.4, -0.2) is 49.7 Å². The van der Waals surface area contributed by atoms with Crippen LogP contribution < -0.4 is 5.32 Å². The van der Waals surface area contributed by atoms with Gasteiger partial charge < -0.3 is 10.1 Å². The zero-order chi connectivity index (χ0) is 16.9. The molecule has 1 saturated carbocycles. The Hall–Kier alpha value is -1.07. The first-order chi connectivity index (χ1) is 11.7. The normalized spacial score (nSPS) is 23.5. The molecule has 1 aliphatic heterocycles. The number of esters is 1. The maximum Gasteiger partial charge on any atom is 0.319 e. The second-order valence-electron chi connectivity index (χ2n) is 7.04. The van der Waals surface area contributed by atoms with Crippen molar-refractivity contribution in [1.29, 1.82) is 0 Å². The van der Waals surface area contributed by atoms with Crippen molar-refractivity contribution in [3.8, 4) is 0 Å². The molecule has 1 aliphatic carbocycles. The van der Waals surface area contributed by atoms with Crippen molar-refractivity contribution in [3.63, 3.8) is 0 Å². The summed E-state index contributed by atoms with van der Waals surface area (Å²) in [4.78, 5) is 13.5. The zero-order valence-corrected chi connectivity index (χ0v) is 17.2. The van der Waals surface area contributed by atoms with E-state index in [0.717, 1.165) is 25.9 Å². The summed E-state index contributed by atoms with van der Waals surface area (Å²) in [6.45, 7) is 4.62. The van der Waals surface area contributed by atoms with Gasteiger partial charge in [0.2, 0.25) is 0 Å². The Kier molecular flexibility index (Phi) is 9.66. The lowest BCUT2D eigenvalue weighted by Gasteiger charge is -2.31. The summed E-state index contributed by atoms with van der Waals surface area (Å²) in [5, 5.41) is 3.81. The maximum atomic E-state index is 11.3. The molecular formula is C20H30Cl2N2O2. The van der Waals surface area contributed by atoms with E-state index in [1.165, 1.54) is 24.7 Å². The Morgan fingerprint density at radius 2 is 1.88 bits per heavy atom. The van der Waals surface area contributed by atoms with E-state index in [1.54, 1.807) is 0 Å². The summed E-state index contributed by atoms with van der Waals surface area (Å²) in [7, 11) is 1.45. The number of rotatable bonds is 6. The van der Waals surface area contributed by atoms with Crippen LogP contribution in [0.2, 0.25) is 0 Å². The highest BCUT2D eigenvalue weighted by Crippen LogP contribution is 2.38. The van der Waals surface area contributed by atoms with Gasteiger partial charge in [0, 0.05) is 25.2 Å². The summed E-state index contributed by atoms with van der Waals surface area (Å²) in [5.74, 6) is 0.545. The standard InChI is InChI=1S/C20H28N2O2.2ClH/c1-15(12-16-6-4-3-5-7-16)18-13-19(18)21-17-8-10-22(11-9-17)14-20(23)24-2;;/h3-7,12,17-19,21H,8-11,13-14H2,1-2H3;2*1H/t18-,19+;;/m0../s1. The van der Waals surface area contributed by atoms with Gasteiger partial charge in [0.15, 0.2) is 0 Å². The third-order valence-corrected chi connectivity index (χ3v) is 5.19. The molecule has 146 valence electrons. The van der Waals surface area contributed by atoms with E-state index < -0.39 is 0 Å². The fourth-order valence-corrected chi connectivity index (χ4v) is 3.61. The maximum absolute atomic E-state index is 11.3. The summed E-state index contributed by atoms with van der Waals surface area (Å²) in [5.41, 5.74) is 2.76. The fraction of sp³-hybridized carbons (Fsp3) is 0.550. The number of benzene rings is 1. The molecule has 2 fully saturated rings. The van der Waals surface area contributed by atoms with Crippen molar-refractivity contribution in [3.05, 3.63) is 41.5 Å². The second-order valence-corrected chi connectivity index (χ2v) is 7.04. The van der Waals surface area contributed by atoms with Gasteiger partial charge in [-0.3, -0.25) is 9.69 Å². The number of hydrogen-bond donors (Lipinski definition) is 1. The van der Waals surface area contributed by atoms with Gasteiger partial charge in [0.25, 0.3) is 0 Å². The molecule has 0 unspecified atom stereocenters. The first-order valence-electron chi connectivity index (χ1n) is 8.94. The van der Waals surface area contributed by atoms with E-state index in [4.69, 9.17) is 4.74 Å². The Labute approximate surface area is 169 Å². The third-order valence-electron chi connectivity index (χ3n) is 5.19. The van der Waals surface area contributed by atoms with Crippen LogP contribution in [0, 0.1) is 5.92 Å². The molecule has 0 aromatic heterocycles. The Morgan fingerprint density at radius 3 is 2.50 bits per heavy atom. The Balaban J connectivity index is 0.00000169. The molecule has 0 amide bonds. The average Bonchev–Trinajstić information content (AvgIpc) is 3.37.